The van der Waals surface area contributed by atoms with Crippen LogP contribution < -0.4 is 4.74 Å². The molecule has 1 aromatic carbocycles. The Labute approximate surface area is 131 Å². The predicted octanol–water partition coefficient (Wildman–Crippen LogP) is 1.71. The second-order valence-corrected chi connectivity index (χ2v) is 6.03. The van der Waals surface area contributed by atoms with Crippen molar-refractivity contribution in [2.24, 2.45) is 5.92 Å². The summed E-state index contributed by atoms with van der Waals surface area (Å²) in [7, 11) is 0. The van der Waals surface area contributed by atoms with E-state index in [2.05, 4.69) is 16.7 Å². The fraction of sp³-hybridized carbons (Fsp3) is 0.500. The van der Waals surface area contributed by atoms with Crippen molar-refractivity contribution in [2.45, 2.75) is 25.4 Å². The van der Waals surface area contributed by atoms with Crippen molar-refractivity contribution in [3.8, 4) is 17.6 Å². The van der Waals surface area contributed by atoms with Crippen LogP contribution >= 0.6 is 0 Å². The van der Waals surface area contributed by atoms with Crippen molar-refractivity contribution in [1.29, 1.82) is 0 Å². The van der Waals surface area contributed by atoms with E-state index in [9.17, 15) is 9.90 Å². The summed E-state index contributed by atoms with van der Waals surface area (Å²) in [6, 6.07) is 5.20. The van der Waals surface area contributed by atoms with E-state index < -0.39 is 5.60 Å². The van der Waals surface area contributed by atoms with Gasteiger partial charge in [-0.15, -0.1) is 0 Å². The van der Waals surface area contributed by atoms with E-state index in [4.69, 9.17) is 4.74 Å². The standard InChI is InChI=1S/C18H21NO3/c1-2-22-17-11-14(12-20)3-4-15(17)5-8-18(21)13-19-9-6-16(18)7-10-19/h3-4,11-12,16,21H,2,6-7,9-10,13H2,1H3. The molecular weight excluding hydrogens is 278 g/mol. The van der Waals surface area contributed by atoms with Crippen LogP contribution in [0.1, 0.15) is 35.7 Å². The van der Waals surface area contributed by atoms with Crippen LogP contribution in [0.3, 0.4) is 0 Å². The molecule has 3 aliphatic rings. The van der Waals surface area contributed by atoms with Gasteiger partial charge in [0.1, 0.15) is 17.6 Å². The van der Waals surface area contributed by atoms with Crippen molar-refractivity contribution in [3.05, 3.63) is 29.3 Å². The Morgan fingerprint density at radius 1 is 1.45 bits per heavy atom. The molecule has 1 unspecified atom stereocenters. The lowest BCUT2D eigenvalue weighted by Crippen LogP contribution is -2.58. The maximum atomic E-state index is 10.9. The van der Waals surface area contributed by atoms with Crippen LogP contribution in [-0.2, 0) is 0 Å². The van der Waals surface area contributed by atoms with E-state index in [1.807, 2.05) is 6.92 Å². The van der Waals surface area contributed by atoms with Crippen LogP contribution in [0.15, 0.2) is 18.2 Å². The van der Waals surface area contributed by atoms with Crippen LogP contribution in [0.25, 0.3) is 0 Å². The summed E-state index contributed by atoms with van der Waals surface area (Å²) < 4.78 is 5.56. The number of aliphatic hydroxyl groups is 1. The molecule has 2 bridgehead atoms. The molecule has 0 aliphatic carbocycles. The van der Waals surface area contributed by atoms with E-state index in [1.165, 1.54) is 0 Å². The molecule has 4 rings (SSSR count). The van der Waals surface area contributed by atoms with Crippen LogP contribution in [0, 0.1) is 17.8 Å². The van der Waals surface area contributed by atoms with Gasteiger partial charge in [0.2, 0.25) is 0 Å². The Balaban J connectivity index is 1.88. The Hall–Kier alpha value is -1.83. The number of hydrogen-bond donors (Lipinski definition) is 1. The van der Waals surface area contributed by atoms with Gasteiger partial charge in [-0.2, -0.15) is 0 Å². The Kier molecular flexibility index (Phi) is 4.19. The van der Waals surface area contributed by atoms with Gasteiger partial charge in [-0.1, -0.05) is 17.9 Å². The van der Waals surface area contributed by atoms with Crippen molar-refractivity contribution in [3.63, 3.8) is 0 Å². The summed E-state index contributed by atoms with van der Waals surface area (Å²) in [4.78, 5) is 13.2. The number of nitrogens with zero attached hydrogens (tertiary/aromatic N) is 1. The van der Waals surface area contributed by atoms with E-state index in [0.29, 0.717) is 24.5 Å². The van der Waals surface area contributed by atoms with Crippen molar-refractivity contribution < 1.29 is 14.6 Å². The van der Waals surface area contributed by atoms with Crippen LogP contribution in [0.4, 0.5) is 0 Å². The van der Waals surface area contributed by atoms with Gasteiger partial charge in [0, 0.05) is 18.0 Å². The van der Waals surface area contributed by atoms with Crippen LogP contribution in [0.5, 0.6) is 5.75 Å². The molecule has 1 aromatic rings. The lowest BCUT2D eigenvalue weighted by molar-refractivity contribution is -0.0713. The summed E-state index contributed by atoms with van der Waals surface area (Å²) in [6.45, 7) is 5.16. The summed E-state index contributed by atoms with van der Waals surface area (Å²) in [6.07, 6.45) is 2.81. The van der Waals surface area contributed by atoms with Gasteiger partial charge in [-0.25, -0.2) is 0 Å². The minimum Gasteiger partial charge on any atom is -0.493 e. The van der Waals surface area contributed by atoms with Gasteiger partial charge in [0.15, 0.2) is 0 Å². The molecule has 3 fully saturated rings. The number of carbonyl (C=O) groups is 1. The highest BCUT2D eigenvalue weighted by Gasteiger charge is 2.44. The average Bonchev–Trinajstić information content (AvgIpc) is 2.55. The van der Waals surface area contributed by atoms with Gasteiger partial charge in [0.05, 0.1) is 12.2 Å². The number of hydrogen-bond acceptors (Lipinski definition) is 4. The quantitative estimate of drug-likeness (QED) is 0.682. The number of benzene rings is 1. The van der Waals surface area contributed by atoms with E-state index >= 15 is 0 Å². The fourth-order valence-electron chi connectivity index (χ4n) is 3.35. The Morgan fingerprint density at radius 2 is 2.23 bits per heavy atom. The lowest BCUT2D eigenvalue weighted by atomic mass is 9.76. The predicted molar refractivity (Wildman–Crippen MR) is 84.0 cm³/mol. The molecule has 0 amide bonds. The average molecular weight is 299 g/mol. The molecule has 0 spiro atoms. The first-order chi connectivity index (χ1) is 10.6. The SMILES string of the molecule is CCOc1cc(C=O)ccc1C#CC1(O)CN2CCC1CC2. The van der Waals surface area contributed by atoms with Crippen LogP contribution in [-0.4, -0.2) is 48.1 Å². The monoisotopic (exact) mass is 299 g/mol. The molecule has 22 heavy (non-hydrogen) atoms. The largest absolute Gasteiger partial charge is 0.493 e. The van der Waals surface area contributed by atoms with E-state index in [0.717, 1.165) is 37.8 Å². The molecular formula is C18H21NO3. The Bertz CT molecular complexity index is 623. The number of carbonyl (C=O) groups excluding carboxylic acids is 1. The number of fused-ring (bicyclic) bond motifs is 3. The molecule has 0 radical (unpaired) electrons. The molecule has 4 heteroatoms. The highest BCUT2D eigenvalue weighted by Crippen LogP contribution is 2.35. The highest BCUT2D eigenvalue weighted by atomic mass is 16.5. The van der Waals surface area contributed by atoms with E-state index in [1.54, 1.807) is 18.2 Å². The zero-order valence-electron chi connectivity index (χ0n) is 12.8. The van der Waals surface area contributed by atoms with Crippen molar-refractivity contribution in [2.75, 3.05) is 26.2 Å². The summed E-state index contributed by atoms with van der Waals surface area (Å²) in [5, 5.41) is 10.8. The first-order valence-electron chi connectivity index (χ1n) is 7.84. The first kappa shape index (κ1) is 15.1. The normalized spacial score (nSPS) is 29.5. The minimum atomic E-state index is -0.927. The number of aldehydes is 1. The number of ether oxygens (including phenoxy) is 1. The number of rotatable bonds is 3. The van der Waals surface area contributed by atoms with Crippen molar-refractivity contribution >= 4 is 6.29 Å². The third kappa shape index (κ3) is 2.87. The van der Waals surface area contributed by atoms with Gasteiger partial charge in [0.25, 0.3) is 0 Å². The summed E-state index contributed by atoms with van der Waals surface area (Å²) in [5.74, 6) is 7.01. The van der Waals surface area contributed by atoms with Gasteiger partial charge < -0.3 is 9.84 Å². The maximum Gasteiger partial charge on any atom is 0.150 e. The molecule has 4 nitrogen and oxygen atoms in total. The first-order valence-corrected chi connectivity index (χ1v) is 7.84. The molecule has 1 atom stereocenters. The fourth-order valence-corrected chi connectivity index (χ4v) is 3.35. The topological polar surface area (TPSA) is 49.8 Å². The molecule has 3 saturated heterocycles. The molecule has 116 valence electrons. The van der Waals surface area contributed by atoms with E-state index in [-0.39, 0.29) is 5.92 Å². The number of piperidine rings is 3. The molecule has 0 saturated carbocycles. The third-order valence-corrected chi connectivity index (χ3v) is 4.58. The molecule has 1 N–H and O–H groups in total. The third-order valence-electron chi connectivity index (χ3n) is 4.58. The molecule has 3 aliphatic heterocycles. The maximum absolute atomic E-state index is 10.9. The smallest absolute Gasteiger partial charge is 0.150 e. The van der Waals surface area contributed by atoms with Gasteiger partial charge in [-0.3, -0.25) is 9.69 Å². The van der Waals surface area contributed by atoms with Gasteiger partial charge >= 0.3 is 0 Å². The van der Waals surface area contributed by atoms with Gasteiger partial charge in [-0.05, 0) is 45.0 Å². The second kappa shape index (κ2) is 6.12. The zero-order chi connectivity index (χ0) is 15.6. The van der Waals surface area contributed by atoms with Crippen LogP contribution in [0.2, 0.25) is 0 Å². The highest BCUT2D eigenvalue weighted by molar-refractivity contribution is 5.76. The Morgan fingerprint density at radius 3 is 2.82 bits per heavy atom. The second-order valence-electron chi connectivity index (χ2n) is 6.03. The lowest BCUT2D eigenvalue weighted by Gasteiger charge is -2.47. The minimum absolute atomic E-state index is 0.259. The molecule has 0 aromatic heterocycles. The zero-order valence-corrected chi connectivity index (χ0v) is 12.8. The molecule has 3 heterocycles. The summed E-state index contributed by atoms with van der Waals surface area (Å²) in [5.41, 5.74) is 0.358. The van der Waals surface area contributed by atoms with Crippen molar-refractivity contribution in [1.82, 2.24) is 4.90 Å². The summed E-state index contributed by atoms with van der Waals surface area (Å²) >= 11 is 0.